The van der Waals surface area contributed by atoms with Crippen LogP contribution >= 0.6 is 0 Å². The van der Waals surface area contributed by atoms with Gasteiger partial charge in [0.25, 0.3) is 0 Å². The highest BCUT2D eigenvalue weighted by molar-refractivity contribution is 6.25. The highest BCUT2D eigenvalue weighted by atomic mass is 19.4. The smallest absolute Gasteiger partial charge is 0.353 e. The first-order chi connectivity index (χ1) is 30.3. The molecule has 316 valence electrons. The Balaban J connectivity index is 0.979. The Hall–Kier alpha value is -5.75. The third-order valence-corrected chi connectivity index (χ3v) is 14.8. The summed E-state index contributed by atoms with van der Waals surface area (Å²) < 4.78 is 59.8. The highest BCUT2D eigenvalue weighted by Gasteiger charge is 2.58. The minimum atomic E-state index is -4.56. The van der Waals surface area contributed by atoms with E-state index in [4.69, 9.17) is 9.47 Å². The van der Waals surface area contributed by atoms with Crippen molar-refractivity contribution in [2.45, 2.75) is 88.5 Å². The zero-order chi connectivity index (χ0) is 43.5. The SMILES string of the molecule is C=CC1(CCCOC2CCCCO2)c2ccccc2-c2ccc(-c3ccc4c(c3)C(C)(C(F)(F)F)c3cc(-c5ccc6ccc7cc(C(C)(C)C)cc8ccc5c6c78)ccc3-4)cc21. The molecule has 1 saturated heterocycles. The second kappa shape index (κ2) is 14.4. The van der Waals surface area contributed by atoms with Gasteiger partial charge in [-0.25, -0.2) is 0 Å². The lowest BCUT2D eigenvalue weighted by atomic mass is 9.74. The molecule has 2 nitrogen and oxygen atoms in total. The Morgan fingerprint density at radius 2 is 1.24 bits per heavy atom. The van der Waals surface area contributed by atoms with Crippen LogP contribution in [0, 0.1) is 0 Å². The molecule has 0 aromatic heterocycles. The Labute approximate surface area is 367 Å². The zero-order valence-electron chi connectivity index (χ0n) is 36.4. The van der Waals surface area contributed by atoms with Crippen molar-refractivity contribution in [3.8, 4) is 44.5 Å². The lowest BCUT2D eigenvalue weighted by Crippen LogP contribution is -2.38. The van der Waals surface area contributed by atoms with Gasteiger partial charge in [0, 0.05) is 18.6 Å². The number of halogens is 3. The largest absolute Gasteiger partial charge is 0.402 e. The number of rotatable bonds is 8. The van der Waals surface area contributed by atoms with Gasteiger partial charge in [0.1, 0.15) is 5.41 Å². The van der Waals surface area contributed by atoms with E-state index in [0.717, 1.165) is 88.3 Å². The van der Waals surface area contributed by atoms with Gasteiger partial charge in [-0.15, -0.1) is 6.58 Å². The average molecular weight is 837 g/mol. The molecule has 1 heterocycles. The van der Waals surface area contributed by atoms with Gasteiger partial charge in [0.15, 0.2) is 6.29 Å². The summed E-state index contributed by atoms with van der Waals surface area (Å²) in [6.45, 7) is 13.8. The van der Waals surface area contributed by atoms with Gasteiger partial charge < -0.3 is 9.47 Å². The fourth-order valence-corrected chi connectivity index (χ4v) is 11.3. The van der Waals surface area contributed by atoms with E-state index in [9.17, 15) is 0 Å². The van der Waals surface area contributed by atoms with Crippen LogP contribution < -0.4 is 0 Å². The van der Waals surface area contributed by atoms with Crippen molar-refractivity contribution in [2.75, 3.05) is 13.2 Å². The van der Waals surface area contributed by atoms with Crippen LogP contribution in [0.3, 0.4) is 0 Å². The molecule has 0 N–H and O–H groups in total. The average Bonchev–Trinajstić information content (AvgIpc) is 3.72. The van der Waals surface area contributed by atoms with Crippen LogP contribution in [-0.2, 0) is 25.7 Å². The lowest BCUT2D eigenvalue weighted by Gasteiger charge is -2.31. The normalized spacial score (nSPS) is 20.6. The molecule has 11 rings (SSSR count). The van der Waals surface area contributed by atoms with E-state index in [1.54, 1.807) is 6.07 Å². The van der Waals surface area contributed by atoms with E-state index in [2.05, 4.69) is 124 Å². The Morgan fingerprint density at radius 1 is 0.651 bits per heavy atom. The minimum Gasteiger partial charge on any atom is -0.353 e. The van der Waals surface area contributed by atoms with E-state index >= 15 is 13.2 Å². The van der Waals surface area contributed by atoms with E-state index in [1.165, 1.54) is 39.8 Å². The summed E-state index contributed by atoms with van der Waals surface area (Å²) in [7, 11) is 0. The molecule has 3 atom stereocenters. The molecular weight excluding hydrogens is 786 g/mol. The van der Waals surface area contributed by atoms with Crippen LogP contribution in [0.1, 0.15) is 87.6 Å². The maximum Gasteiger partial charge on any atom is 0.402 e. The molecule has 1 fully saturated rings. The highest BCUT2D eigenvalue weighted by Crippen LogP contribution is 2.59. The Bertz CT molecular complexity index is 3110. The third-order valence-electron chi connectivity index (χ3n) is 14.8. The molecule has 0 spiro atoms. The fourth-order valence-electron chi connectivity index (χ4n) is 11.3. The van der Waals surface area contributed by atoms with E-state index in [1.807, 2.05) is 30.3 Å². The van der Waals surface area contributed by atoms with Crippen LogP contribution in [0.5, 0.6) is 0 Å². The van der Waals surface area contributed by atoms with Gasteiger partial charge >= 0.3 is 6.18 Å². The number of hydrogen-bond donors (Lipinski definition) is 0. The van der Waals surface area contributed by atoms with E-state index in [-0.39, 0.29) is 22.8 Å². The van der Waals surface area contributed by atoms with Crippen LogP contribution in [0.4, 0.5) is 13.2 Å². The van der Waals surface area contributed by atoms with Gasteiger partial charge in [-0.3, -0.25) is 0 Å². The number of hydrogen-bond acceptors (Lipinski definition) is 2. The van der Waals surface area contributed by atoms with Gasteiger partial charge in [0.2, 0.25) is 0 Å². The standard InChI is InChI=1S/C58H51F3O2/c1-6-57(27-11-29-63-52-14-9-10-28-62-52)48-13-8-7-12-43(48)46-24-19-37(33-51(46)57)36-18-23-44-45-25-20-38(34-50(45)56(5,49(44)32-36)58(59,60)61)42-22-17-35-15-16-39-30-41(55(2,3)4)31-40-21-26-47(42)54(35)53(39)40/h6-8,12-13,15-26,30-34,52H,1,9-11,14,27-29H2,2-5H3. The van der Waals surface area contributed by atoms with Crippen molar-refractivity contribution < 1.29 is 22.6 Å². The summed E-state index contributed by atoms with van der Waals surface area (Å²) in [6, 6.07) is 43.7. The number of ether oxygens (including phenoxy) is 2. The molecule has 2 aliphatic carbocycles. The maximum atomic E-state index is 15.9. The van der Waals surface area contributed by atoms with Gasteiger partial charge in [-0.05, 0) is 167 Å². The van der Waals surface area contributed by atoms with Crippen molar-refractivity contribution >= 4 is 32.3 Å². The van der Waals surface area contributed by atoms with Crippen LogP contribution in [-0.4, -0.2) is 25.7 Å². The first kappa shape index (κ1) is 40.1. The summed E-state index contributed by atoms with van der Waals surface area (Å²) in [4.78, 5) is 0. The number of fused-ring (bicyclic) bond motifs is 6. The van der Waals surface area contributed by atoms with Gasteiger partial charge in [-0.1, -0.05) is 136 Å². The van der Waals surface area contributed by atoms with E-state index < -0.39 is 17.0 Å². The summed E-state index contributed by atoms with van der Waals surface area (Å²) in [5.41, 5.74) is 8.37. The number of allylic oxidation sites excluding steroid dienone is 1. The van der Waals surface area contributed by atoms with Crippen LogP contribution in [0.25, 0.3) is 76.8 Å². The molecule has 0 saturated carbocycles. The minimum absolute atomic E-state index is 0.00521. The van der Waals surface area contributed by atoms with Crippen molar-refractivity contribution in [3.63, 3.8) is 0 Å². The fraction of sp³-hybridized carbons (Fsp3) is 0.276. The second-order valence-corrected chi connectivity index (χ2v) is 19.3. The summed E-state index contributed by atoms with van der Waals surface area (Å²) in [6.07, 6.45) is 2.05. The molecule has 0 amide bonds. The molecule has 8 aromatic carbocycles. The topological polar surface area (TPSA) is 18.5 Å². The Morgan fingerprint density at radius 3 is 1.90 bits per heavy atom. The molecule has 0 bridgehead atoms. The summed E-state index contributed by atoms with van der Waals surface area (Å²) in [5.74, 6) is 0. The Kier molecular flexibility index (Phi) is 9.15. The molecule has 3 aliphatic rings. The number of alkyl halides is 3. The molecule has 1 aliphatic heterocycles. The van der Waals surface area contributed by atoms with Crippen LogP contribution in [0.15, 0.2) is 140 Å². The molecule has 5 heteroatoms. The van der Waals surface area contributed by atoms with Crippen molar-refractivity contribution in [1.82, 2.24) is 0 Å². The quantitative estimate of drug-likeness (QED) is 0.0862. The van der Waals surface area contributed by atoms with Crippen molar-refractivity contribution in [1.29, 1.82) is 0 Å². The van der Waals surface area contributed by atoms with Crippen LogP contribution in [0.2, 0.25) is 0 Å². The van der Waals surface area contributed by atoms with Crippen molar-refractivity contribution in [2.24, 2.45) is 0 Å². The zero-order valence-corrected chi connectivity index (χ0v) is 36.4. The first-order valence-corrected chi connectivity index (χ1v) is 22.5. The molecule has 0 radical (unpaired) electrons. The van der Waals surface area contributed by atoms with E-state index in [0.29, 0.717) is 17.7 Å². The predicted molar refractivity (Wildman–Crippen MR) is 253 cm³/mol. The maximum absolute atomic E-state index is 15.9. The predicted octanol–water partition coefficient (Wildman–Crippen LogP) is 15.8. The molecular formula is C58H51F3O2. The van der Waals surface area contributed by atoms with Gasteiger partial charge in [-0.2, -0.15) is 13.2 Å². The molecule has 8 aromatic rings. The molecule has 3 unspecified atom stereocenters. The summed E-state index contributed by atoms with van der Waals surface area (Å²) in [5, 5.41) is 6.86. The number of benzene rings is 8. The third kappa shape index (κ3) is 6.06. The monoisotopic (exact) mass is 836 g/mol. The first-order valence-electron chi connectivity index (χ1n) is 22.5. The molecule has 63 heavy (non-hydrogen) atoms. The lowest BCUT2D eigenvalue weighted by molar-refractivity contribution is -0.172. The summed E-state index contributed by atoms with van der Waals surface area (Å²) >= 11 is 0. The second-order valence-electron chi connectivity index (χ2n) is 19.3. The van der Waals surface area contributed by atoms with Crippen molar-refractivity contribution in [3.05, 3.63) is 168 Å². The van der Waals surface area contributed by atoms with Gasteiger partial charge in [0.05, 0.1) is 0 Å².